The Bertz CT molecular complexity index is 60.7. The van der Waals surface area contributed by atoms with Crippen LogP contribution in [0.3, 0.4) is 0 Å². The minimum atomic E-state index is -2.16. The molecule has 0 spiro atoms. The Morgan fingerprint density at radius 3 is 2.14 bits per heavy atom. The summed E-state index contributed by atoms with van der Waals surface area (Å²) in [5.41, 5.74) is 0. The molecule has 1 aliphatic rings. The van der Waals surface area contributed by atoms with E-state index >= 15 is 0 Å². The Balaban J connectivity index is 2.14. The molecule has 0 bridgehead atoms. The largest absolute Gasteiger partial charge is 0.309 e. The van der Waals surface area contributed by atoms with Gasteiger partial charge in [-0.2, -0.15) is 0 Å². The van der Waals surface area contributed by atoms with Crippen molar-refractivity contribution in [1.29, 1.82) is 0 Å². The number of hydrogen-bond donors (Lipinski definition) is 1. The summed E-state index contributed by atoms with van der Waals surface area (Å²) in [6, 6.07) is -0.500. The second kappa shape index (κ2) is 1.74. The van der Waals surface area contributed by atoms with Gasteiger partial charge in [0.2, 0.25) is 0 Å². The van der Waals surface area contributed by atoms with Crippen molar-refractivity contribution in [2.75, 3.05) is 6.54 Å². The summed E-state index contributed by atoms with van der Waals surface area (Å²) < 4.78 is 22.8. The van der Waals surface area contributed by atoms with Crippen molar-refractivity contribution in [2.45, 2.75) is 18.9 Å². The Hall–Kier alpha value is -0.180. The van der Waals surface area contributed by atoms with Crippen molar-refractivity contribution < 1.29 is 8.78 Å². The summed E-state index contributed by atoms with van der Waals surface area (Å²) in [6.07, 6.45) is -1.52. The van der Waals surface area contributed by atoms with Crippen molar-refractivity contribution in [1.82, 2.24) is 5.32 Å². The molecule has 0 amide bonds. The molecule has 0 aromatic heterocycles. The molecule has 1 rings (SSSR count). The fraction of sp³-hybridized carbons (Fsp3) is 1.00. The lowest BCUT2D eigenvalue weighted by Gasteiger charge is -2.26. The number of rotatable bonds is 1. The topological polar surface area (TPSA) is 12.0 Å². The first-order chi connectivity index (χ1) is 3.30. The molecule has 1 heterocycles. The minimum absolute atomic E-state index is 0.500. The quantitative estimate of drug-likeness (QED) is 0.517. The maximum atomic E-state index is 11.4. The number of halogens is 2. The molecule has 1 N–H and O–H groups in total. The maximum Gasteiger partial charge on any atom is 0.253 e. The summed E-state index contributed by atoms with van der Waals surface area (Å²) in [4.78, 5) is 0. The third-order valence-corrected chi connectivity index (χ3v) is 1.17. The molecule has 42 valence electrons. The minimum Gasteiger partial charge on any atom is -0.309 e. The van der Waals surface area contributed by atoms with Crippen LogP contribution in [0, 0.1) is 0 Å². The smallest absolute Gasteiger partial charge is 0.253 e. The second-order valence-corrected chi connectivity index (χ2v) is 1.68. The van der Waals surface area contributed by atoms with Crippen molar-refractivity contribution in [3.8, 4) is 0 Å². The summed E-state index contributed by atoms with van der Waals surface area (Å²) in [6.45, 7) is 0.759. The Kier molecular flexibility index (Phi) is 1.23. The first-order valence-electron chi connectivity index (χ1n) is 2.32. The highest BCUT2D eigenvalue weighted by Gasteiger charge is 2.25. The van der Waals surface area contributed by atoms with Crippen LogP contribution in [0.5, 0.6) is 0 Å². The van der Waals surface area contributed by atoms with E-state index in [1.165, 1.54) is 0 Å². The highest BCUT2D eigenvalue weighted by Crippen LogP contribution is 2.10. The van der Waals surface area contributed by atoms with Crippen LogP contribution in [0.25, 0.3) is 0 Å². The normalized spacial score (nSPS) is 30.4. The van der Waals surface area contributed by atoms with Gasteiger partial charge in [0.15, 0.2) is 0 Å². The number of hydrogen-bond acceptors (Lipinski definition) is 1. The van der Waals surface area contributed by atoms with E-state index in [-0.39, 0.29) is 0 Å². The van der Waals surface area contributed by atoms with Crippen molar-refractivity contribution in [3.63, 3.8) is 0 Å². The predicted octanol–water partition coefficient (Wildman–Crippen LogP) is 0.613. The van der Waals surface area contributed by atoms with Gasteiger partial charge in [-0.25, -0.2) is 8.78 Å². The molecule has 0 aromatic rings. The molecule has 0 aromatic carbocycles. The first kappa shape index (κ1) is 4.97. The van der Waals surface area contributed by atoms with E-state index in [0.717, 1.165) is 6.54 Å². The molecule has 0 radical (unpaired) electrons. The van der Waals surface area contributed by atoms with E-state index < -0.39 is 12.5 Å². The van der Waals surface area contributed by atoms with Gasteiger partial charge in [-0.1, -0.05) is 0 Å². The molecule has 0 aliphatic carbocycles. The number of alkyl halides is 2. The van der Waals surface area contributed by atoms with Gasteiger partial charge in [0.05, 0.1) is 6.04 Å². The molecular weight excluding hydrogens is 100 g/mol. The molecular formula is C4H7F2N. The maximum absolute atomic E-state index is 11.4. The van der Waals surface area contributed by atoms with Crippen LogP contribution in [0.1, 0.15) is 6.42 Å². The van der Waals surface area contributed by atoms with Crippen molar-refractivity contribution in [2.24, 2.45) is 0 Å². The average molecular weight is 107 g/mol. The lowest BCUT2D eigenvalue weighted by atomic mass is 10.1. The highest BCUT2D eigenvalue weighted by atomic mass is 19.3. The molecule has 1 nitrogen and oxygen atoms in total. The molecule has 1 saturated heterocycles. The van der Waals surface area contributed by atoms with Crippen molar-refractivity contribution >= 4 is 0 Å². The van der Waals surface area contributed by atoms with Crippen LogP contribution >= 0.6 is 0 Å². The predicted molar refractivity (Wildman–Crippen MR) is 22.4 cm³/mol. The van der Waals surface area contributed by atoms with Gasteiger partial charge in [-0.3, -0.25) is 0 Å². The van der Waals surface area contributed by atoms with Crippen LogP contribution in [0.4, 0.5) is 8.78 Å². The van der Waals surface area contributed by atoms with Crippen molar-refractivity contribution in [3.05, 3.63) is 0 Å². The second-order valence-electron chi connectivity index (χ2n) is 1.68. The molecule has 1 atom stereocenters. The molecule has 1 fully saturated rings. The van der Waals surface area contributed by atoms with Crippen LogP contribution < -0.4 is 5.32 Å². The molecule has 1 aliphatic heterocycles. The standard InChI is InChI=1S/C4H7F2N/c5-4(6)3-1-2-7-3/h3-4,7H,1-2H2. The van der Waals surface area contributed by atoms with Gasteiger partial charge < -0.3 is 5.32 Å². The van der Waals surface area contributed by atoms with E-state index in [9.17, 15) is 8.78 Å². The van der Waals surface area contributed by atoms with Gasteiger partial charge in [0.25, 0.3) is 6.43 Å². The van der Waals surface area contributed by atoms with E-state index in [1.54, 1.807) is 0 Å². The van der Waals surface area contributed by atoms with Crippen LogP contribution in [0.15, 0.2) is 0 Å². The van der Waals surface area contributed by atoms with Gasteiger partial charge in [0.1, 0.15) is 0 Å². The van der Waals surface area contributed by atoms with Crippen LogP contribution in [-0.4, -0.2) is 19.0 Å². The summed E-state index contributed by atoms with van der Waals surface area (Å²) >= 11 is 0. The Labute approximate surface area is 40.7 Å². The third-order valence-electron chi connectivity index (χ3n) is 1.17. The fourth-order valence-corrected chi connectivity index (χ4v) is 0.526. The molecule has 3 heteroatoms. The van der Waals surface area contributed by atoms with E-state index in [1.807, 2.05) is 0 Å². The fourth-order valence-electron chi connectivity index (χ4n) is 0.526. The van der Waals surface area contributed by atoms with E-state index in [0.29, 0.717) is 6.42 Å². The van der Waals surface area contributed by atoms with E-state index in [4.69, 9.17) is 0 Å². The Morgan fingerprint density at radius 1 is 1.57 bits per heavy atom. The van der Waals surface area contributed by atoms with Crippen LogP contribution in [0.2, 0.25) is 0 Å². The highest BCUT2D eigenvalue weighted by molar-refractivity contribution is 4.78. The monoisotopic (exact) mass is 107 g/mol. The zero-order chi connectivity index (χ0) is 5.28. The molecule has 0 saturated carbocycles. The molecule has 7 heavy (non-hydrogen) atoms. The zero-order valence-electron chi connectivity index (χ0n) is 3.82. The third kappa shape index (κ3) is 0.881. The summed E-state index contributed by atoms with van der Waals surface area (Å²) in [7, 11) is 0. The number of nitrogens with one attached hydrogen (secondary N) is 1. The van der Waals surface area contributed by atoms with Gasteiger partial charge in [-0.05, 0) is 13.0 Å². The van der Waals surface area contributed by atoms with Gasteiger partial charge in [0, 0.05) is 0 Å². The van der Waals surface area contributed by atoms with Gasteiger partial charge >= 0.3 is 0 Å². The average Bonchev–Trinajstić information content (AvgIpc) is 1.23. The van der Waals surface area contributed by atoms with Gasteiger partial charge in [-0.15, -0.1) is 0 Å². The Morgan fingerprint density at radius 2 is 2.14 bits per heavy atom. The SMILES string of the molecule is FC(F)C1CCN1. The first-order valence-corrected chi connectivity index (χ1v) is 2.32. The lowest BCUT2D eigenvalue weighted by Crippen LogP contribution is -2.47. The summed E-state index contributed by atoms with van der Waals surface area (Å²) in [5, 5.41) is 2.59. The van der Waals surface area contributed by atoms with Crippen LogP contribution in [-0.2, 0) is 0 Å². The lowest BCUT2D eigenvalue weighted by molar-refractivity contribution is 0.0677. The zero-order valence-corrected chi connectivity index (χ0v) is 3.82. The summed E-state index contributed by atoms with van der Waals surface area (Å²) in [5.74, 6) is 0. The molecule has 1 unspecified atom stereocenters. The van der Waals surface area contributed by atoms with E-state index in [2.05, 4.69) is 5.32 Å².